The molecule has 0 heterocycles. The first-order valence-corrected chi connectivity index (χ1v) is 5.32. The maximum Gasteiger partial charge on any atom is 0.335 e. The highest BCUT2D eigenvalue weighted by molar-refractivity contribution is 6.18. The van der Waals surface area contributed by atoms with Crippen LogP contribution in [-0.2, 0) is 11.2 Å². The Morgan fingerprint density at radius 1 is 1.41 bits per heavy atom. The molecule has 0 aliphatic rings. The van der Waals surface area contributed by atoms with E-state index in [1.165, 1.54) is 6.07 Å². The fraction of sp³-hybridized carbons (Fsp3) is 0.231. The Morgan fingerprint density at radius 3 is 2.53 bits per heavy atom. The van der Waals surface area contributed by atoms with Crippen LogP contribution < -0.4 is 5.73 Å². The Bertz CT molecular complexity index is 478. The molecule has 90 valence electrons. The van der Waals surface area contributed by atoms with Crippen LogP contribution in [0.25, 0.3) is 5.57 Å². The third-order valence-electron chi connectivity index (χ3n) is 2.49. The van der Waals surface area contributed by atoms with Crippen molar-refractivity contribution < 1.29 is 14.7 Å². The fourth-order valence-corrected chi connectivity index (χ4v) is 1.63. The molecule has 1 aromatic carbocycles. The van der Waals surface area contributed by atoms with Crippen LogP contribution >= 0.6 is 0 Å². The van der Waals surface area contributed by atoms with E-state index in [0.29, 0.717) is 12.0 Å². The van der Waals surface area contributed by atoms with Gasteiger partial charge in [0.15, 0.2) is 0 Å². The average Bonchev–Trinajstić information content (AvgIpc) is 2.28. The van der Waals surface area contributed by atoms with Gasteiger partial charge in [0.2, 0.25) is 5.91 Å². The van der Waals surface area contributed by atoms with E-state index in [-0.39, 0.29) is 11.1 Å². The highest BCUT2D eigenvalue weighted by Crippen LogP contribution is 2.21. The number of primary amides is 1. The maximum absolute atomic E-state index is 11.1. The van der Waals surface area contributed by atoms with E-state index in [1.54, 1.807) is 12.1 Å². The first-order valence-electron chi connectivity index (χ1n) is 5.32. The van der Waals surface area contributed by atoms with Crippen LogP contribution in [-0.4, -0.2) is 17.0 Å². The number of aryl methyl sites for hydroxylation is 1. The lowest BCUT2D eigenvalue weighted by Crippen LogP contribution is -2.13. The lowest BCUT2D eigenvalue weighted by atomic mass is 9.95. The van der Waals surface area contributed by atoms with Crippen molar-refractivity contribution in [1.82, 2.24) is 0 Å². The highest BCUT2D eigenvalue weighted by atomic mass is 16.4. The molecule has 0 saturated heterocycles. The van der Waals surface area contributed by atoms with Gasteiger partial charge >= 0.3 is 5.97 Å². The van der Waals surface area contributed by atoms with Gasteiger partial charge in [0.05, 0.1) is 5.56 Å². The van der Waals surface area contributed by atoms with Gasteiger partial charge in [-0.1, -0.05) is 26.0 Å². The standard InChI is InChI=1S/C13H15NO3/c1-3-4-9-7-10(13(16)17)5-6-11(9)8(2)12(14)15/h5-7H,2-4H2,1H3,(H2,14,15)(H,16,17). The Balaban J connectivity index is 3.26. The number of hydrogen-bond acceptors (Lipinski definition) is 2. The van der Waals surface area contributed by atoms with Crippen LogP contribution in [0.2, 0.25) is 0 Å². The number of carbonyl (C=O) groups excluding carboxylic acids is 1. The molecule has 1 rings (SSSR count). The monoisotopic (exact) mass is 233 g/mol. The second-order valence-corrected chi connectivity index (χ2v) is 3.77. The molecule has 0 aliphatic carbocycles. The van der Waals surface area contributed by atoms with Crippen LogP contribution in [0.1, 0.15) is 34.8 Å². The van der Waals surface area contributed by atoms with Crippen LogP contribution in [0.15, 0.2) is 24.8 Å². The smallest absolute Gasteiger partial charge is 0.335 e. The molecule has 3 N–H and O–H groups in total. The summed E-state index contributed by atoms with van der Waals surface area (Å²) in [6.45, 7) is 5.60. The predicted molar refractivity (Wildman–Crippen MR) is 65.6 cm³/mol. The van der Waals surface area contributed by atoms with Crippen molar-refractivity contribution in [3.63, 3.8) is 0 Å². The van der Waals surface area contributed by atoms with Gasteiger partial charge in [-0.2, -0.15) is 0 Å². The van der Waals surface area contributed by atoms with Crippen molar-refractivity contribution in [2.45, 2.75) is 19.8 Å². The largest absolute Gasteiger partial charge is 0.478 e. The highest BCUT2D eigenvalue weighted by Gasteiger charge is 2.12. The van der Waals surface area contributed by atoms with E-state index in [4.69, 9.17) is 10.8 Å². The molecule has 0 bridgehead atoms. The number of carbonyl (C=O) groups is 2. The summed E-state index contributed by atoms with van der Waals surface area (Å²) in [6.07, 6.45) is 1.53. The van der Waals surface area contributed by atoms with E-state index in [1.807, 2.05) is 6.92 Å². The van der Waals surface area contributed by atoms with E-state index in [0.717, 1.165) is 12.0 Å². The number of nitrogens with two attached hydrogens (primary N) is 1. The van der Waals surface area contributed by atoms with Gasteiger partial charge in [-0.15, -0.1) is 0 Å². The summed E-state index contributed by atoms with van der Waals surface area (Å²) in [6, 6.07) is 4.60. The van der Waals surface area contributed by atoms with Crippen LogP contribution in [0.5, 0.6) is 0 Å². The molecule has 0 radical (unpaired) electrons. The number of carboxylic acids is 1. The second-order valence-electron chi connectivity index (χ2n) is 3.77. The normalized spacial score (nSPS) is 9.94. The first-order chi connectivity index (χ1) is 7.97. The first kappa shape index (κ1) is 13.0. The minimum atomic E-state index is -0.987. The summed E-state index contributed by atoms with van der Waals surface area (Å²) >= 11 is 0. The van der Waals surface area contributed by atoms with Crippen molar-refractivity contribution in [2.75, 3.05) is 0 Å². The van der Waals surface area contributed by atoms with Gasteiger partial charge in [0.1, 0.15) is 0 Å². The number of aromatic carboxylic acids is 1. The summed E-state index contributed by atoms with van der Waals surface area (Å²) in [5.74, 6) is -1.58. The molecule has 0 saturated carbocycles. The molecule has 0 fully saturated rings. The second kappa shape index (κ2) is 5.30. The number of carboxylic acid groups (broad SMARTS) is 1. The van der Waals surface area contributed by atoms with Crippen molar-refractivity contribution in [1.29, 1.82) is 0 Å². The topological polar surface area (TPSA) is 80.4 Å². The Kier molecular flexibility index (Phi) is 4.04. The summed E-state index contributed by atoms with van der Waals surface area (Å²) in [7, 11) is 0. The van der Waals surface area contributed by atoms with Crippen molar-refractivity contribution >= 4 is 17.4 Å². The molecular formula is C13H15NO3. The van der Waals surface area contributed by atoms with Gasteiger partial charge in [-0.3, -0.25) is 4.79 Å². The van der Waals surface area contributed by atoms with Gasteiger partial charge in [-0.25, -0.2) is 4.79 Å². The SMILES string of the molecule is C=C(C(N)=O)c1ccc(C(=O)O)cc1CCC. The zero-order valence-corrected chi connectivity index (χ0v) is 9.69. The van der Waals surface area contributed by atoms with E-state index in [2.05, 4.69) is 6.58 Å². The minimum Gasteiger partial charge on any atom is -0.478 e. The third kappa shape index (κ3) is 2.93. The Hall–Kier alpha value is -2.10. The van der Waals surface area contributed by atoms with Crippen LogP contribution in [0.4, 0.5) is 0 Å². The lowest BCUT2D eigenvalue weighted by Gasteiger charge is -2.10. The summed E-state index contributed by atoms with van der Waals surface area (Å²) in [5.41, 5.74) is 7.01. The zero-order chi connectivity index (χ0) is 13.0. The van der Waals surface area contributed by atoms with Crippen molar-refractivity contribution in [2.24, 2.45) is 5.73 Å². The van der Waals surface area contributed by atoms with Crippen LogP contribution in [0.3, 0.4) is 0 Å². The molecular weight excluding hydrogens is 218 g/mol. The molecule has 4 heteroatoms. The number of hydrogen-bond donors (Lipinski definition) is 2. The van der Waals surface area contributed by atoms with Gasteiger partial charge in [-0.05, 0) is 29.7 Å². The number of rotatable bonds is 5. The summed E-state index contributed by atoms with van der Waals surface area (Å²) in [4.78, 5) is 21.9. The summed E-state index contributed by atoms with van der Waals surface area (Å²) in [5, 5.41) is 8.90. The molecule has 0 aliphatic heterocycles. The Labute approximate surface area is 99.8 Å². The average molecular weight is 233 g/mol. The lowest BCUT2D eigenvalue weighted by molar-refractivity contribution is -0.112. The quantitative estimate of drug-likeness (QED) is 0.761. The predicted octanol–water partition coefficient (Wildman–Crippen LogP) is 1.84. The molecule has 17 heavy (non-hydrogen) atoms. The Morgan fingerprint density at radius 2 is 2.06 bits per heavy atom. The summed E-state index contributed by atoms with van der Waals surface area (Å²) < 4.78 is 0. The van der Waals surface area contributed by atoms with E-state index >= 15 is 0 Å². The molecule has 1 aromatic rings. The number of amides is 1. The van der Waals surface area contributed by atoms with Crippen molar-refractivity contribution in [3.8, 4) is 0 Å². The number of benzene rings is 1. The van der Waals surface area contributed by atoms with E-state index < -0.39 is 11.9 Å². The van der Waals surface area contributed by atoms with Crippen molar-refractivity contribution in [3.05, 3.63) is 41.5 Å². The van der Waals surface area contributed by atoms with E-state index in [9.17, 15) is 9.59 Å². The van der Waals surface area contributed by atoms with Gasteiger partial charge in [0.25, 0.3) is 0 Å². The van der Waals surface area contributed by atoms with Gasteiger partial charge < -0.3 is 10.8 Å². The third-order valence-corrected chi connectivity index (χ3v) is 2.49. The molecule has 4 nitrogen and oxygen atoms in total. The molecule has 0 aromatic heterocycles. The zero-order valence-electron chi connectivity index (χ0n) is 9.69. The molecule has 0 atom stereocenters. The van der Waals surface area contributed by atoms with Gasteiger partial charge in [0, 0.05) is 5.57 Å². The minimum absolute atomic E-state index is 0.203. The molecule has 1 amide bonds. The molecule has 0 unspecified atom stereocenters. The maximum atomic E-state index is 11.1. The molecule has 0 spiro atoms. The van der Waals surface area contributed by atoms with Crippen LogP contribution in [0, 0.1) is 0 Å². The fourth-order valence-electron chi connectivity index (χ4n) is 1.63.